The Hall–Kier alpha value is -3.35. The zero-order valence-corrected chi connectivity index (χ0v) is 23.8. The van der Waals surface area contributed by atoms with Gasteiger partial charge in [-0.25, -0.2) is 27.5 Å². The first kappa shape index (κ1) is 27.2. The monoisotopic (exact) mass is 572 g/mol. The van der Waals surface area contributed by atoms with Crippen LogP contribution in [0.5, 0.6) is 0 Å². The number of nitrogens with zero attached hydrogens (tertiary/aromatic N) is 6. The Morgan fingerprint density at radius 2 is 2.03 bits per heavy atom. The molecule has 2 atom stereocenters. The molecular weight excluding hydrogens is 543 g/mol. The van der Waals surface area contributed by atoms with Gasteiger partial charge in [-0.3, -0.25) is 9.67 Å². The molecule has 3 aromatic heterocycles. The molecule has 206 valence electrons. The Morgan fingerprint density at radius 1 is 1.26 bits per heavy atom. The summed E-state index contributed by atoms with van der Waals surface area (Å²) < 4.78 is 45.0. The highest BCUT2D eigenvalue weighted by Crippen LogP contribution is 2.43. The molecule has 1 aliphatic heterocycles. The van der Waals surface area contributed by atoms with Gasteiger partial charge in [-0.05, 0) is 49.0 Å². The van der Waals surface area contributed by atoms with E-state index < -0.39 is 15.6 Å². The first-order chi connectivity index (χ1) is 18.4. The minimum Gasteiger partial charge on any atom is -0.363 e. The predicted molar refractivity (Wildman–Crippen MR) is 151 cm³/mol. The van der Waals surface area contributed by atoms with Crippen LogP contribution in [0.3, 0.4) is 0 Å². The Balaban J connectivity index is 1.54. The largest absolute Gasteiger partial charge is 0.363 e. The Labute approximate surface area is 231 Å². The van der Waals surface area contributed by atoms with E-state index in [4.69, 9.17) is 11.6 Å². The fraction of sp³-hybridized carbons (Fsp3) is 0.385. The lowest BCUT2D eigenvalue weighted by Gasteiger charge is -2.57. The maximum Gasteiger partial charge on any atom is 0.213 e. The van der Waals surface area contributed by atoms with Gasteiger partial charge in [0.2, 0.25) is 10.0 Å². The van der Waals surface area contributed by atoms with Crippen LogP contribution >= 0.6 is 11.6 Å². The van der Waals surface area contributed by atoms with Crippen molar-refractivity contribution in [3.8, 4) is 11.4 Å². The number of nitrogens with one attached hydrogen (secondary N) is 2. The van der Waals surface area contributed by atoms with Gasteiger partial charge in [-0.2, -0.15) is 5.10 Å². The van der Waals surface area contributed by atoms with Crippen LogP contribution in [0, 0.1) is 5.82 Å². The number of fused-ring (bicyclic) bond motifs is 1. The lowest BCUT2D eigenvalue weighted by molar-refractivity contribution is 0.304. The second kappa shape index (κ2) is 10.00. The molecule has 2 N–H and O–H groups in total. The minimum absolute atomic E-state index is 0.0143. The maximum absolute atomic E-state index is 15.4. The lowest BCUT2D eigenvalue weighted by atomic mass is 9.81. The summed E-state index contributed by atoms with van der Waals surface area (Å²) in [6.45, 7) is 6.11. The molecule has 0 radical (unpaired) electrons. The number of halogens is 2. The SMILES string of the molecule is CNS(=O)(=O)CC1(Nc2ccnc(-c3cn(C)nc3Cl)n2)CN(c2cc(F)c(C(C)C)c3ccncc23)C1C. The summed E-state index contributed by atoms with van der Waals surface area (Å²) in [5, 5.41) is 9.38. The zero-order valence-electron chi connectivity index (χ0n) is 22.3. The molecular formula is C26H30ClFN8O2S. The lowest BCUT2D eigenvalue weighted by Crippen LogP contribution is -2.75. The highest BCUT2D eigenvalue weighted by atomic mass is 35.5. The summed E-state index contributed by atoms with van der Waals surface area (Å²) in [6.07, 6.45) is 6.68. The highest BCUT2D eigenvalue weighted by molar-refractivity contribution is 7.89. The van der Waals surface area contributed by atoms with Gasteiger partial charge in [0, 0.05) is 49.5 Å². The fourth-order valence-corrected chi connectivity index (χ4v) is 6.78. The van der Waals surface area contributed by atoms with Gasteiger partial charge in [-0.1, -0.05) is 25.4 Å². The summed E-state index contributed by atoms with van der Waals surface area (Å²) in [7, 11) is -0.503. The van der Waals surface area contributed by atoms with Gasteiger partial charge in [0.05, 0.1) is 22.9 Å². The van der Waals surface area contributed by atoms with Crippen LogP contribution in [0.25, 0.3) is 22.2 Å². The first-order valence-corrected chi connectivity index (χ1v) is 14.5. The summed E-state index contributed by atoms with van der Waals surface area (Å²) in [6, 6.07) is 4.67. The molecule has 0 amide bonds. The van der Waals surface area contributed by atoms with Crippen LogP contribution in [-0.4, -0.2) is 64.1 Å². The molecule has 0 aliphatic carbocycles. The molecule has 1 aromatic carbocycles. The number of hydrogen-bond acceptors (Lipinski definition) is 8. The molecule has 4 aromatic rings. The number of aryl methyl sites for hydroxylation is 1. The third-order valence-electron chi connectivity index (χ3n) is 7.33. The molecule has 1 aliphatic rings. The summed E-state index contributed by atoms with van der Waals surface area (Å²) in [5.41, 5.74) is 0.919. The van der Waals surface area contributed by atoms with Crippen LogP contribution in [0.2, 0.25) is 5.15 Å². The molecule has 4 heterocycles. The van der Waals surface area contributed by atoms with E-state index >= 15 is 4.39 Å². The van der Waals surface area contributed by atoms with Crippen LogP contribution in [0.1, 0.15) is 32.3 Å². The van der Waals surface area contributed by atoms with E-state index in [9.17, 15) is 8.42 Å². The van der Waals surface area contributed by atoms with E-state index in [2.05, 4.69) is 30.1 Å². The third-order valence-corrected chi connectivity index (χ3v) is 9.13. The van der Waals surface area contributed by atoms with E-state index in [1.54, 1.807) is 42.6 Å². The van der Waals surface area contributed by atoms with E-state index in [0.29, 0.717) is 28.5 Å². The topological polar surface area (TPSA) is 118 Å². The normalized spacial score (nSPS) is 19.5. The Kier molecular flexibility index (Phi) is 6.98. The van der Waals surface area contributed by atoms with Crippen molar-refractivity contribution in [2.24, 2.45) is 7.05 Å². The van der Waals surface area contributed by atoms with Crippen LogP contribution < -0.4 is 14.9 Å². The molecule has 5 rings (SSSR count). The van der Waals surface area contributed by atoms with Crippen molar-refractivity contribution in [3.05, 3.63) is 59.5 Å². The second-order valence-corrected chi connectivity index (χ2v) is 12.5. The number of anilines is 2. The first-order valence-electron chi connectivity index (χ1n) is 12.5. The average Bonchev–Trinajstić information content (AvgIpc) is 3.24. The smallest absolute Gasteiger partial charge is 0.213 e. The quantitative estimate of drug-likeness (QED) is 0.326. The van der Waals surface area contributed by atoms with Crippen molar-refractivity contribution in [2.45, 2.75) is 38.3 Å². The zero-order chi connectivity index (χ0) is 28.1. The molecule has 10 nitrogen and oxygen atoms in total. The number of aromatic nitrogens is 5. The standard InChI is InChI=1S/C26H30ClFN8O2S/c1-15(2)23-17-6-8-30-11-18(17)21(10-20(23)28)36-13-26(16(36)3,14-39(37,38)29-4)33-22-7-9-31-25(32-22)19-12-35(5)34-24(19)27/h6-12,15-16,29H,13-14H2,1-5H3,(H,31,32,33). The molecule has 1 fully saturated rings. The number of benzene rings is 1. The molecule has 13 heteroatoms. The van der Waals surface area contributed by atoms with Crippen molar-refractivity contribution in [2.75, 3.05) is 29.6 Å². The Morgan fingerprint density at radius 3 is 2.67 bits per heavy atom. The number of sulfonamides is 1. The van der Waals surface area contributed by atoms with Gasteiger partial charge < -0.3 is 10.2 Å². The van der Waals surface area contributed by atoms with Crippen molar-refractivity contribution in [1.29, 1.82) is 0 Å². The van der Waals surface area contributed by atoms with E-state index in [0.717, 1.165) is 10.8 Å². The van der Waals surface area contributed by atoms with Gasteiger partial charge in [-0.15, -0.1) is 0 Å². The van der Waals surface area contributed by atoms with Gasteiger partial charge in [0.1, 0.15) is 11.6 Å². The van der Waals surface area contributed by atoms with Gasteiger partial charge in [0.15, 0.2) is 11.0 Å². The molecule has 0 saturated carbocycles. The van der Waals surface area contributed by atoms with Crippen LogP contribution in [0.15, 0.2) is 43.0 Å². The van der Waals surface area contributed by atoms with Crippen LogP contribution in [-0.2, 0) is 17.1 Å². The fourth-order valence-electron chi connectivity index (χ4n) is 5.30. The van der Waals surface area contributed by atoms with E-state index in [1.807, 2.05) is 31.7 Å². The summed E-state index contributed by atoms with van der Waals surface area (Å²) >= 11 is 6.25. The van der Waals surface area contributed by atoms with E-state index in [-0.39, 0.29) is 35.2 Å². The number of rotatable bonds is 8. The minimum atomic E-state index is -3.63. The van der Waals surface area contributed by atoms with Gasteiger partial charge >= 0.3 is 0 Å². The number of pyridine rings is 1. The molecule has 0 bridgehead atoms. The van der Waals surface area contributed by atoms with Crippen molar-refractivity contribution >= 4 is 43.9 Å². The summed E-state index contributed by atoms with van der Waals surface area (Å²) in [5.74, 6) is 0.263. The maximum atomic E-state index is 15.4. The van der Waals surface area contributed by atoms with Crippen molar-refractivity contribution < 1.29 is 12.8 Å². The van der Waals surface area contributed by atoms with Crippen molar-refractivity contribution in [3.63, 3.8) is 0 Å². The predicted octanol–water partition coefficient (Wildman–Crippen LogP) is 3.95. The summed E-state index contributed by atoms with van der Waals surface area (Å²) in [4.78, 5) is 15.2. The van der Waals surface area contributed by atoms with Gasteiger partial charge in [0.25, 0.3) is 0 Å². The number of hydrogen-bond donors (Lipinski definition) is 2. The molecule has 1 saturated heterocycles. The molecule has 39 heavy (non-hydrogen) atoms. The average molecular weight is 573 g/mol. The third kappa shape index (κ3) is 4.92. The molecule has 0 spiro atoms. The second-order valence-electron chi connectivity index (χ2n) is 10.2. The Bertz CT molecular complexity index is 1660. The van der Waals surface area contributed by atoms with Crippen molar-refractivity contribution in [1.82, 2.24) is 29.5 Å². The van der Waals surface area contributed by atoms with E-state index in [1.165, 1.54) is 13.1 Å². The molecule has 2 unspecified atom stereocenters. The highest BCUT2D eigenvalue weighted by Gasteiger charge is 2.53. The van der Waals surface area contributed by atoms with Crippen LogP contribution in [0.4, 0.5) is 15.9 Å².